The molecule has 3 aromatic rings. The number of likely N-dealkylation sites (tertiary alicyclic amines) is 1. The van der Waals surface area contributed by atoms with Crippen LogP contribution < -0.4 is 0 Å². The van der Waals surface area contributed by atoms with Crippen LogP contribution in [0.2, 0.25) is 5.02 Å². The fourth-order valence-electron chi connectivity index (χ4n) is 2.91. The van der Waals surface area contributed by atoms with Gasteiger partial charge in [0.05, 0.1) is 23.8 Å². The van der Waals surface area contributed by atoms with Crippen LogP contribution in [0, 0.1) is 0 Å². The summed E-state index contributed by atoms with van der Waals surface area (Å²) in [6.07, 6.45) is 6.37. The number of nitrogens with zero attached hydrogens (tertiary/aromatic N) is 4. The Bertz CT molecular complexity index is 748. The molecule has 4 heterocycles. The molecule has 0 aliphatic carbocycles. The van der Waals surface area contributed by atoms with E-state index in [1.165, 1.54) is 0 Å². The summed E-state index contributed by atoms with van der Waals surface area (Å²) < 4.78 is 7.84. The quantitative estimate of drug-likeness (QED) is 0.803. The highest BCUT2D eigenvalue weighted by atomic mass is 35.5. The van der Waals surface area contributed by atoms with E-state index >= 15 is 0 Å². The van der Waals surface area contributed by atoms with Gasteiger partial charge in [-0.3, -0.25) is 14.7 Å². The lowest BCUT2D eigenvalue weighted by Gasteiger charge is -2.14. The monoisotopic (exact) mass is 317 g/mol. The molecule has 6 nitrogen and oxygen atoms in total. The summed E-state index contributed by atoms with van der Waals surface area (Å²) in [7, 11) is 0. The number of rotatable bonds is 4. The van der Waals surface area contributed by atoms with Crippen LogP contribution in [0.25, 0.3) is 11.5 Å². The summed E-state index contributed by atoms with van der Waals surface area (Å²) >= 11 is 5.94. The van der Waals surface area contributed by atoms with Crippen LogP contribution >= 0.6 is 11.6 Å². The fourth-order valence-corrected chi connectivity index (χ4v) is 3.05. The Labute approximate surface area is 132 Å². The predicted octanol–water partition coefficient (Wildman–Crippen LogP) is 2.97. The summed E-state index contributed by atoms with van der Waals surface area (Å²) in [5.74, 6) is 1.78. The third-order valence-electron chi connectivity index (χ3n) is 4.00. The molecule has 3 aromatic heterocycles. The molecule has 0 bridgehead atoms. The molecule has 1 atom stereocenters. The molecule has 4 rings (SSSR count). The molecule has 1 aliphatic rings. The molecule has 1 N–H and O–H groups in total. The summed E-state index contributed by atoms with van der Waals surface area (Å²) in [6.45, 7) is 2.79. The first-order valence-corrected chi connectivity index (χ1v) is 7.66. The van der Waals surface area contributed by atoms with E-state index in [1.54, 1.807) is 12.4 Å². The summed E-state index contributed by atoms with van der Waals surface area (Å²) in [6, 6.07) is 6.28. The molecule has 0 spiro atoms. The number of aromatic amines is 1. The molecule has 7 heteroatoms. The smallest absolute Gasteiger partial charge is 0.152 e. The highest BCUT2D eigenvalue weighted by Crippen LogP contribution is 2.25. The van der Waals surface area contributed by atoms with Gasteiger partial charge in [-0.1, -0.05) is 11.6 Å². The van der Waals surface area contributed by atoms with Gasteiger partial charge in [0.2, 0.25) is 0 Å². The maximum absolute atomic E-state index is 5.94. The molecule has 114 valence electrons. The van der Waals surface area contributed by atoms with E-state index in [9.17, 15) is 0 Å². The van der Waals surface area contributed by atoms with E-state index in [1.807, 2.05) is 29.1 Å². The first kappa shape index (κ1) is 13.6. The Hall–Kier alpha value is -2.05. The van der Waals surface area contributed by atoms with Crippen LogP contribution in [-0.4, -0.2) is 38.0 Å². The number of nitrogens with one attached hydrogen (secondary N) is 1. The van der Waals surface area contributed by atoms with Crippen LogP contribution in [0.3, 0.4) is 0 Å². The van der Waals surface area contributed by atoms with E-state index in [2.05, 4.69) is 20.2 Å². The average molecular weight is 318 g/mol. The average Bonchev–Trinajstić information content (AvgIpc) is 3.26. The Kier molecular flexibility index (Phi) is 3.48. The van der Waals surface area contributed by atoms with E-state index in [0.717, 1.165) is 43.3 Å². The van der Waals surface area contributed by atoms with Gasteiger partial charge >= 0.3 is 0 Å². The van der Waals surface area contributed by atoms with Crippen molar-refractivity contribution >= 4 is 11.6 Å². The van der Waals surface area contributed by atoms with E-state index in [0.29, 0.717) is 11.1 Å². The second-order valence-corrected chi connectivity index (χ2v) is 5.99. The van der Waals surface area contributed by atoms with Crippen molar-refractivity contribution in [3.05, 3.63) is 47.6 Å². The molecule has 22 heavy (non-hydrogen) atoms. The SMILES string of the molecule is Clc1cnn(C2CCN(Cc3ccc(-c4ccn[nH]4)o3)C2)c1. The van der Waals surface area contributed by atoms with Gasteiger partial charge in [-0.15, -0.1) is 0 Å². The third-order valence-corrected chi connectivity index (χ3v) is 4.19. The highest BCUT2D eigenvalue weighted by Gasteiger charge is 2.25. The van der Waals surface area contributed by atoms with Gasteiger partial charge in [0.25, 0.3) is 0 Å². The standard InChI is InChI=1S/C15H16ClN5O/c16-11-7-18-21(8-11)12-4-6-20(9-12)10-13-1-2-15(22-13)14-3-5-17-19-14/h1-3,5,7-8,12H,4,6,9-10H2,(H,17,19). The number of hydrogen-bond donors (Lipinski definition) is 1. The summed E-state index contributed by atoms with van der Waals surface area (Å²) in [4.78, 5) is 2.37. The van der Waals surface area contributed by atoms with Gasteiger partial charge in [-0.25, -0.2) is 0 Å². The topological polar surface area (TPSA) is 62.9 Å². The Morgan fingerprint density at radius 2 is 2.32 bits per heavy atom. The van der Waals surface area contributed by atoms with Crippen molar-refractivity contribution < 1.29 is 4.42 Å². The van der Waals surface area contributed by atoms with Gasteiger partial charge in [0.1, 0.15) is 11.5 Å². The van der Waals surface area contributed by atoms with Gasteiger partial charge in [-0.2, -0.15) is 10.2 Å². The van der Waals surface area contributed by atoms with Crippen molar-refractivity contribution in [2.24, 2.45) is 0 Å². The van der Waals surface area contributed by atoms with Gasteiger partial charge in [0.15, 0.2) is 5.76 Å². The molecule has 0 amide bonds. The second kappa shape index (κ2) is 5.62. The van der Waals surface area contributed by atoms with Crippen LogP contribution in [-0.2, 0) is 6.54 Å². The zero-order valence-electron chi connectivity index (χ0n) is 11.9. The van der Waals surface area contributed by atoms with Gasteiger partial charge in [0, 0.05) is 25.5 Å². The molecular formula is C15H16ClN5O. The number of furan rings is 1. The van der Waals surface area contributed by atoms with Crippen LogP contribution in [0.4, 0.5) is 0 Å². The van der Waals surface area contributed by atoms with Crippen molar-refractivity contribution in [3.8, 4) is 11.5 Å². The Morgan fingerprint density at radius 1 is 1.36 bits per heavy atom. The number of hydrogen-bond acceptors (Lipinski definition) is 4. The van der Waals surface area contributed by atoms with Crippen LogP contribution in [0.1, 0.15) is 18.2 Å². The molecule has 1 aliphatic heterocycles. The lowest BCUT2D eigenvalue weighted by molar-refractivity contribution is 0.285. The van der Waals surface area contributed by atoms with E-state index in [-0.39, 0.29) is 0 Å². The highest BCUT2D eigenvalue weighted by molar-refractivity contribution is 6.30. The van der Waals surface area contributed by atoms with Crippen LogP contribution in [0.15, 0.2) is 41.2 Å². The molecule has 1 fully saturated rings. The number of halogens is 1. The maximum Gasteiger partial charge on any atom is 0.152 e. The lowest BCUT2D eigenvalue weighted by Crippen LogP contribution is -2.21. The number of H-pyrrole nitrogens is 1. The molecular weight excluding hydrogens is 302 g/mol. The molecule has 1 saturated heterocycles. The van der Waals surface area contributed by atoms with Crippen molar-refractivity contribution in [1.82, 2.24) is 24.9 Å². The number of aromatic nitrogens is 4. The van der Waals surface area contributed by atoms with Crippen molar-refractivity contribution in [2.45, 2.75) is 19.0 Å². The van der Waals surface area contributed by atoms with Crippen molar-refractivity contribution in [1.29, 1.82) is 0 Å². The largest absolute Gasteiger partial charge is 0.458 e. The molecule has 1 unspecified atom stereocenters. The third kappa shape index (κ3) is 2.67. The normalized spacial score (nSPS) is 19.0. The zero-order chi connectivity index (χ0) is 14.9. The predicted molar refractivity (Wildman–Crippen MR) is 82.5 cm³/mol. The van der Waals surface area contributed by atoms with Gasteiger partial charge in [-0.05, 0) is 24.6 Å². The Morgan fingerprint density at radius 3 is 3.09 bits per heavy atom. The first-order chi connectivity index (χ1) is 10.8. The van der Waals surface area contributed by atoms with E-state index in [4.69, 9.17) is 16.0 Å². The maximum atomic E-state index is 5.94. The van der Waals surface area contributed by atoms with E-state index < -0.39 is 0 Å². The first-order valence-electron chi connectivity index (χ1n) is 7.28. The van der Waals surface area contributed by atoms with Crippen molar-refractivity contribution in [2.75, 3.05) is 13.1 Å². The zero-order valence-corrected chi connectivity index (χ0v) is 12.7. The minimum absolute atomic E-state index is 0.384. The summed E-state index contributed by atoms with van der Waals surface area (Å²) in [5.41, 5.74) is 0.900. The van der Waals surface area contributed by atoms with Crippen LogP contribution in [0.5, 0.6) is 0 Å². The molecule has 0 radical (unpaired) electrons. The minimum Gasteiger partial charge on any atom is -0.458 e. The molecule has 0 aromatic carbocycles. The second-order valence-electron chi connectivity index (χ2n) is 5.55. The summed E-state index contributed by atoms with van der Waals surface area (Å²) in [5, 5.41) is 11.8. The van der Waals surface area contributed by atoms with Crippen molar-refractivity contribution in [3.63, 3.8) is 0 Å². The molecule has 0 saturated carbocycles. The fraction of sp³-hybridized carbons (Fsp3) is 0.333. The van der Waals surface area contributed by atoms with Gasteiger partial charge < -0.3 is 4.42 Å². The minimum atomic E-state index is 0.384. The Balaban J connectivity index is 1.40. The lowest BCUT2D eigenvalue weighted by atomic mass is 10.3.